The summed E-state index contributed by atoms with van der Waals surface area (Å²) in [5.74, 6) is 0.0971. The summed E-state index contributed by atoms with van der Waals surface area (Å²) >= 11 is 0. The van der Waals surface area contributed by atoms with Crippen molar-refractivity contribution in [2.45, 2.75) is 31.7 Å². The number of hydrogen-bond donors (Lipinski definition) is 2. The number of likely N-dealkylation sites (tertiary alicyclic amines) is 1. The Morgan fingerprint density at radius 3 is 3.00 bits per heavy atom. The summed E-state index contributed by atoms with van der Waals surface area (Å²) in [4.78, 5) is 14.5. The molecule has 1 aliphatic heterocycles. The molecule has 1 aromatic carbocycles. The van der Waals surface area contributed by atoms with Gasteiger partial charge < -0.3 is 20.5 Å². The number of piperidine rings is 1. The van der Waals surface area contributed by atoms with E-state index in [9.17, 15) is 9.90 Å². The number of nitrogens with zero attached hydrogens (tertiary/aromatic N) is 1. The Kier molecular flexibility index (Phi) is 4.84. The van der Waals surface area contributed by atoms with Crippen LogP contribution in [0.25, 0.3) is 0 Å². The van der Waals surface area contributed by atoms with E-state index in [2.05, 4.69) is 0 Å². The van der Waals surface area contributed by atoms with Crippen molar-refractivity contribution in [1.82, 2.24) is 4.90 Å². The molecule has 1 aromatic rings. The van der Waals surface area contributed by atoms with Crippen LogP contribution in [0.15, 0.2) is 18.2 Å². The van der Waals surface area contributed by atoms with Crippen molar-refractivity contribution >= 4 is 5.91 Å². The number of rotatable bonds is 4. The quantitative estimate of drug-likeness (QED) is 0.879. The second kappa shape index (κ2) is 6.61. The molecule has 0 aromatic heterocycles. The fourth-order valence-corrected chi connectivity index (χ4v) is 2.77. The minimum atomic E-state index is -0.139. The summed E-state index contributed by atoms with van der Waals surface area (Å²) in [6, 6.07) is 5.16. The number of ether oxygens (including phenoxy) is 1. The van der Waals surface area contributed by atoms with Crippen LogP contribution in [-0.2, 0) is 0 Å². The fourth-order valence-electron chi connectivity index (χ4n) is 2.77. The van der Waals surface area contributed by atoms with Crippen LogP contribution in [0.1, 0.15) is 36.0 Å². The summed E-state index contributed by atoms with van der Waals surface area (Å²) in [5.41, 5.74) is 5.93. The van der Waals surface area contributed by atoms with Crippen LogP contribution in [0, 0.1) is 0 Å². The molecule has 0 radical (unpaired) electrons. The van der Waals surface area contributed by atoms with Crippen molar-refractivity contribution in [2.75, 3.05) is 20.2 Å². The predicted molar refractivity (Wildman–Crippen MR) is 77.0 cm³/mol. The van der Waals surface area contributed by atoms with E-state index in [1.54, 1.807) is 18.2 Å². The molecule has 1 heterocycles. The van der Waals surface area contributed by atoms with Gasteiger partial charge in [-0.05, 0) is 44.4 Å². The first-order valence-corrected chi connectivity index (χ1v) is 7.06. The third-order valence-electron chi connectivity index (χ3n) is 3.84. The van der Waals surface area contributed by atoms with Crippen molar-refractivity contribution in [1.29, 1.82) is 0 Å². The molecule has 0 saturated carbocycles. The van der Waals surface area contributed by atoms with Crippen LogP contribution in [0.2, 0.25) is 0 Å². The molecular formula is C15H22N2O3. The molecule has 1 aliphatic rings. The van der Waals surface area contributed by atoms with Gasteiger partial charge in [-0.25, -0.2) is 0 Å². The smallest absolute Gasteiger partial charge is 0.258 e. The van der Waals surface area contributed by atoms with Gasteiger partial charge in [0, 0.05) is 12.6 Å². The van der Waals surface area contributed by atoms with Gasteiger partial charge in [0.2, 0.25) is 0 Å². The number of phenolic OH excluding ortho intramolecular Hbond substituents is 1. The molecule has 1 unspecified atom stereocenters. The SMILES string of the molecule is COc1cccc(C(=O)N2CCCCC2CCN)c1O. The zero-order valence-corrected chi connectivity index (χ0v) is 11.8. The molecular weight excluding hydrogens is 256 g/mol. The highest BCUT2D eigenvalue weighted by molar-refractivity contribution is 5.97. The molecule has 3 N–H and O–H groups in total. The highest BCUT2D eigenvalue weighted by Crippen LogP contribution is 2.32. The third-order valence-corrected chi connectivity index (χ3v) is 3.84. The second-order valence-electron chi connectivity index (χ2n) is 5.08. The van der Waals surface area contributed by atoms with Gasteiger partial charge in [0.25, 0.3) is 5.91 Å². The lowest BCUT2D eigenvalue weighted by atomic mass is 9.98. The normalized spacial score (nSPS) is 18.9. The van der Waals surface area contributed by atoms with E-state index >= 15 is 0 Å². The summed E-state index contributed by atoms with van der Waals surface area (Å²) in [7, 11) is 1.47. The fraction of sp³-hybridized carbons (Fsp3) is 0.533. The standard InChI is InChI=1S/C15H22N2O3/c1-20-13-7-4-6-12(14(13)18)15(19)17-10-3-2-5-11(17)8-9-16/h4,6-7,11,18H,2-3,5,8-10,16H2,1H3. The molecule has 20 heavy (non-hydrogen) atoms. The maximum absolute atomic E-state index is 12.6. The number of amides is 1. The lowest BCUT2D eigenvalue weighted by molar-refractivity contribution is 0.0601. The molecule has 0 aliphatic carbocycles. The number of benzene rings is 1. The molecule has 5 heteroatoms. The first kappa shape index (κ1) is 14.7. The van der Waals surface area contributed by atoms with Crippen molar-refractivity contribution in [3.63, 3.8) is 0 Å². The predicted octanol–water partition coefficient (Wildman–Crippen LogP) is 1.74. The van der Waals surface area contributed by atoms with Crippen molar-refractivity contribution in [2.24, 2.45) is 5.73 Å². The molecule has 1 fully saturated rings. The van der Waals surface area contributed by atoms with E-state index in [0.29, 0.717) is 17.9 Å². The van der Waals surface area contributed by atoms with E-state index in [1.165, 1.54) is 7.11 Å². The Morgan fingerprint density at radius 2 is 2.30 bits per heavy atom. The number of methoxy groups -OCH3 is 1. The first-order chi connectivity index (χ1) is 9.69. The van der Waals surface area contributed by atoms with Crippen molar-refractivity contribution in [3.8, 4) is 11.5 Å². The van der Waals surface area contributed by atoms with E-state index in [1.807, 2.05) is 4.90 Å². The largest absolute Gasteiger partial charge is 0.504 e. The van der Waals surface area contributed by atoms with Gasteiger partial charge in [-0.15, -0.1) is 0 Å². The van der Waals surface area contributed by atoms with E-state index < -0.39 is 0 Å². The zero-order chi connectivity index (χ0) is 14.5. The van der Waals surface area contributed by atoms with Crippen LogP contribution < -0.4 is 10.5 Å². The second-order valence-corrected chi connectivity index (χ2v) is 5.08. The molecule has 0 bridgehead atoms. The molecule has 1 saturated heterocycles. The van der Waals surface area contributed by atoms with Gasteiger partial charge in [-0.2, -0.15) is 0 Å². The number of para-hydroxylation sites is 1. The highest BCUT2D eigenvalue weighted by atomic mass is 16.5. The van der Waals surface area contributed by atoms with Gasteiger partial charge in [-0.3, -0.25) is 4.79 Å². The van der Waals surface area contributed by atoms with Crippen LogP contribution in [-0.4, -0.2) is 42.2 Å². The monoisotopic (exact) mass is 278 g/mol. The average Bonchev–Trinajstić information content (AvgIpc) is 2.48. The molecule has 1 amide bonds. The van der Waals surface area contributed by atoms with Gasteiger partial charge in [0.1, 0.15) is 0 Å². The average molecular weight is 278 g/mol. The van der Waals surface area contributed by atoms with Gasteiger partial charge in [-0.1, -0.05) is 6.07 Å². The molecule has 5 nitrogen and oxygen atoms in total. The zero-order valence-electron chi connectivity index (χ0n) is 11.8. The Bertz CT molecular complexity index is 474. The molecule has 0 spiro atoms. The maximum atomic E-state index is 12.6. The summed E-state index contributed by atoms with van der Waals surface area (Å²) < 4.78 is 5.06. The first-order valence-electron chi connectivity index (χ1n) is 7.06. The molecule has 110 valence electrons. The Balaban J connectivity index is 2.25. The van der Waals surface area contributed by atoms with Crippen LogP contribution >= 0.6 is 0 Å². The van der Waals surface area contributed by atoms with E-state index in [-0.39, 0.29) is 17.7 Å². The Hall–Kier alpha value is -1.75. The van der Waals surface area contributed by atoms with Crippen molar-refractivity contribution < 1.29 is 14.6 Å². The van der Waals surface area contributed by atoms with Gasteiger partial charge in [0.15, 0.2) is 11.5 Å². The third kappa shape index (κ3) is 2.88. The van der Waals surface area contributed by atoms with Crippen molar-refractivity contribution in [3.05, 3.63) is 23.8 Å². The van der Waals surface area contributed by atoms with Gasteiger partial charge >= 0.3 is 0 Å². The lowest BCUT2D eigenvalue weighted by Gasteiger charge is -2.36. The highest BCUT2D eigenvalue weighted by Gasteiger charge is 2.28. The van der Waals surface area contributed by atoms with Gasteiger partial charge in [0.05, 0.1) is 12.7 Å². The Labute approximate surface area is 119 Å². The number of carbonyl (C=O) groups is 1. The van der Waals surface area contributed by atoms with E-state index in [0.717, 1.165) is 32.2 Å². The Morgan fingerprint density at radius 1 is 1.50 bits per heavy atom. The number of phenols is 1. The number of nitrogens with two attached hydrogens (primary N) is 1. The van der Waals surface area contributed by atoms with Crippen LogP contribution in [0.5, 0.6) is 11.5 Å². The molecule has 2 rings (SSSR count). The van der Waals surface area contributed by atoms with Crippen LogP contribution in [0.4, 0.5) is 0 Å². The summed E-state index contributed by atoms with van der Waals surface area (Å²) in [6.07, 6.45) is 3.90. The maximum Gasteiger partial charge on any atom is 0.258 e. The number of carbonyl (C=O) groups excluding carboxylic acids is 1. The minimum absolute atomic E-state index is 0.0860. The minimum Gasteiger partial charge on any atom is -0.504 e. The van der Waals surface area contributed by atoms with E-state index in [4.69, 9.17) is 10.5 Å². The summed E-state index contributed by atoms with van der Waals surface area (Å²) in [6.45, 7) is 1.29. The number of hydrogen-bond acceptors (Lipinski definition) is 4. The topological polar surface area (TPSA) is 75.8 Å². The van der Waals surface area contributed by atoms with Crippen LogP contribution in [0.3, 0.4) is 0 Å². The number of aromatic hydroxyl groups is 1. The lowest BCUT2D eigenvalue weighted by Crippen LogP contribution is -2.44. The summed E-state index contributed by atoms with van der Waals surface area (Å²) in [5, 5.41) is 10.1. The molecule has 1 atom stereocenters.